The molecule has 1 saturated heterocycles. The van der Waals surface area contributed by atoms with Crippen molar-refractivity contribution in [2.24, 2.45) is 11.3 Å². The van der Waals surface area contributed by atoms with Gasteiger partial charge in [0.15, 0.2) is 0 Å². The van der Waals surface area contributed by atoms with Crippen LogP contribution in [0.3, 0.4) is 0 Å². The highest BCUT2D eigenvalue weighted by molar-refractivity contribution is 6.31. The third-order valence-corrected chi connectivity index (χ3v) is 8.83. The topological polar surface area (TPSA) is 101 Å². The lowest BCUT2D eigenvalue weighted by Gasteiger charge is -2.38. The second-order valence-electron chi connectivity index (χ2n) is 13.9. The van der Waals surface area contributed by atoms with Crippen LogP contribution in [-0.2, 0) is 29.1 Å². The molecule has 2 N–H and O–H groups in total. The fourth-order valence-corrected chi connectivity index (χ4v) is 5.52. The molecule has 0 spiro atoms. The number of hydrogen-bond acceptors (Lipinski definition) is 7. The summed E-state index contributed by atoms with van der Waals surface area (Å²) in [5.41, 5.74) is 4.42. The molecule has 0 saturated carbocycles. The molecule has 252 valence electrons. The number of benzene rings is 3. The molecular weight excluding hydrogens is 612 g/mol. The Bertz CT molecular complexity index is 1560. The predicted octanol–water partition coefficient (Wildman–Crippen LogP) is 8.14. The number of aromatic nitrogens is 2. The molecule has 4 aromatic rings. The number of nitrogens with one attached hydrogen (secondary N) is 1. The molecule has 0 atom stereocenters. The molecule has 1 aliphatic heterocycles. The van der Waals surface area contributed by atoms with E-state index in [0.717, 1.165) is 40.8 Å². The highest BCUT2D eigenvalue weighted by atomic mass is 35.5. The van der Waals surface area contributed by atoms with Crippen molar-refractivity contribution in [1.29, 1.82) is 0 Å². The largest absolute Gasteiger partial charge is 0.481 e. The zero-order valence-electron chi connectivity index (χ0n) is 28.6. The van der Waals surface area contributed by atoms with Crippen molar-refractivity contribution in [2.75, 3.05) is 26.7 Å². The molecule has 0 radical (unpaired) electrons. The van der Waals surface area contributed by atoms with E-state index in [9.17, 15) is 9.90 Å². The number of piperidine rings is 1. The van der Waals surface area contributed by atoms with Crippen LogP contribution in [0.15, 0.2) is 77.3 Å². The molecule has 1 aliphatic rings. The molecule has 0 unspecified atom stereocenters. The standard InChI is InChI=1S/C33H36ClN3O4.C5H13N/c1-23(2)18-27-12-13-28(19-29(27)34)31-35-30(36-41-31)26-10-8-24(9-11-26)20-37-16-14-33(15-17-37,32(38)39)22-40-21-25-6-4-3-5-7-25;1-5(2,3)6-4/h3-13,19,23H,14-18,20-22H2,1-2H3,(H,38,39);6H,1-4H3. The average Bonchev–Trinajstić information content (AvgIpc) is 3.54. The van der Waals surface area contributed by atoms with Crippen molar-refractivity contribution in [2.45, 2.75) is 72.6 Å². The lowest BCUT2D eigenvalue weighted by atomic mass is 9.79. The Morgan fingerprint density at radius 2 is 1.66 bits per heavy atom. The summed E-state index contributed by atoms with van der Waals surface area (Å²) in [5, 5.41) is 18.0. The molecule has 0 aliphatic carbocycles. The van der Waals surface area contributed by atoms with Crippen LogP contribution in [0, 0.1) is 11.3 Å². The number of ether oxygens (including phenoxy) is 1. The molecule has 2 heterocycles. The van der Waals surface area contributed by atoms with Crippen LogP contribution in [0.5, 0.6) is 0 Å². The van der Waals surface area contributed by atoms with Gasteiger partial charge in [0.1, 0.15) is 0 Å². The Labute approximate surface area is 284 Å². The lowest BCUT2D eigenvalue weighted by molar-refractivity contribution is -0.157. The molecule has 3 aromatic carbocycles. The Balaban J connectivity index is 0.000000762. The first-order valence-corrected chi connectivity index (χ1v) is 16.7. The molecule has 5 rings (SSSR count). The second kappa shape index (κ2) is 16.5. The summed E-state index contributed by atoms with van der Waals surface area (Å²) in [5.74, 6) is 0.704. The number of likely N-dealkylation sites (tertiary alicyclic amines) is 1. The number of aliphatic carboxylic acids is 1. The summed E-state index contributed by atoms with van der Waals surface area (Å²) in [6.45, 7) is 13.5. The number of hydrogen-bond donors (Lipinski definition) is 2. The molecule has 47 heavy (non-hydrogen) atoms. The number of halogens is 1. The van der Waals surface area contributed by atoms with Crippen LogP contribution in [-0.4, -0.2) is 58.4 Å². The minimum atomic E-state index is -0.843. The van der Waals surface area contributed by atoms with E-state index in [1.54, 1.807) is 0 Å². The molecule has 9 heteroatoms. The van der Waals surface area contributed by atoms with E-state index in [1.807, 2.05) is 67.7 Å². The average molecular weight is 661 g/mol. The monoisotopic (exact) mass is 660 g/mol. The molecule has 0 amide bonds. The Morgan fingerprint density at radius 1 is 1.02 bits per heavy atom. The van der Waals surface area contributed by atoms with Crippen molar-refractivity contribution >= 4 is 17.6 Å². The first-order chi connectivity index (χ1) is 22.4. The second-order valence-corrected chi connectivity index (χ2v) is 14.3. The fraction of sp³-hybridized carbons (Fsp3) is 0.447. The van der Waals surface area contributed by atoms with Crippen molar-refractivity contribution in [1.82, 2.24) is 20.4 Å². The number of carboxylic acids is 1. The molecule has 1 aromatic heterocycles. The van der Waals surface area contributed by atoms with Gasteiger partial charge in [0.05, 0.1) is 18.6 Å². The molecular formula is C38H49ClN4O4. The zero-order chi connectivity index (χ0) is 34.0. The Kier molecular flexibility index (Phi) is 12.7. The minimum Gasteiger partial charge on any atom is -0.481 e. The quantitative estimate of drug-likeness (QED) is 0.166. The van der Waals surface area contributed by atoms with Gasteiger partial charge in [0.2, 0.25) is 5.82 Å². The van der Waals surface area contributed by atoms with Crippen LogP contribution < -0.4 is 5.32 Å². The van der Waals surface area contributed by atoms with Gasteiger partial charge in [-0.15, -0.1) is 0 Å². The third-order valence-electron chi connectivity index (χ3n) is 8.48. The highest BCUT2D eigenvalue weighted by Gasteiger charge is 2.41. The van der Waals surface area contributed by atoms with Crippen molar-refractivity contribution in [3.8, 4) is 22.8 Å². The van der Waals surface area contributed by atoms with Crippen LogP contribution in [0.2, 0.25) is 5.02 Å². The summed E-state index contributed by atoms with van der Waals surface area (Å²) in [6.07, 6.45) is 2.04. The maximum absolute atomic E-state index is 12.2. The summed E-state index contributed by atoms with van der Waals surface area (Å²) in [4.78, 5) is 19.1. The van der Waals surface area contributed by atoms with Crippen molar-refractivity contribution in [3.63, 3.8) is 0 Å². The lowest BCUT2D eigenvalue weighted by Crippen LogP contribution is -2.46. The number of rotatable bonds is 11. The summed E-state index contributed by atoms with van der Waals surface area (Å²) >= 11 is 6.49. The van der Waals surface area contributed by atoms with Gasteiger partial charge in [-0.2, -0.15) is 4.98 Å². The Morgan fingerprint density at radius 3 is 2.23 bits per heavy atom. The number of carboxylic acid groups (broad SMARTS) is 1. The van der Waals surface area contributed by atoms with Crippen LogP contribution in [0.25, 0.3) is 22.8 Å². The summed E-state index contributed by atoms with van der Waals surface area (Å²) in [6, 6.07) is 23.8. The smallest absolute Gasteiger partial charge is 0.312 e. The van der Waals surface area contributed by atoms with E-state index in [4.69, 9.17) is 20.9 Å². The number of nitrogens with zero attached hydrogens (tertiary/aromatic N) is 3. The highest BCUT2D eigenvalue weighted by Crippen LogP contribution is 2.34. The molecule has 1 fully saturated rings. The van der Waals surface area contributed by atoms with E-state index in [1.165, 1.54) is 0 Å². The van der Waals surface area contributed by atoms with Gasteiger partial charge in [0.25, 0.3) is 5.89 Å². The van der Waals surface area contributed by atoms with Crippen molar-refractivity contribution in [3.05, 3.63) is 94.5 Å². The first-order valence-electron chi connectivity index (χ1n) is 16.4. The normalized spacial score (nSPS) is 14.9. The Hall–Kier alpha value is -3.56. The fourth-order valence-electron chi connectivity index (χ4n) is 5.26. The van der Waals surface area contributed by atoms with E-state index in [0.29, 0.717) is 60.7 Å². The van der Waals surface area contributed by atoms with E-state index < -0.39 is 11.4 Å². The van der Waals surface area contributed by atoms with Crippen molar-refractivity contribution < 1.29 is 19.2 Å². The molecule has 8 nitrogen and oxygen atoms in total. The van der Waals surface area contributed by atoms with Crippen LogP contribution in [0.4, 0.5) is 0 Å². The SMILES string of the molecule is CC(C)Cc1ccc(-c2nc(-c3ccc(CN4CCC(COCc5ccccc5)(C(=O)O)CC4)cc3)no2)cc1Cl.CNC(C)(C)C. The van der Waals surface area contributed by atoms with Crippen LogP contribution in [0.1, 0.15) is 64.2 Å². The first kappa shape index (κ1) is 36.3. The molecule has 0 bridgehead atoms. The van der Waals surface area contributed by atoms with E-state index in [2.05, 4.69) is 67.1 Å². The van der Waals surface area contributed by atoms with E-state index in [-0.39, 0.29) is 6.61 Å². The minimum absolute atomic E-state index is 0.223. The van der Waals surface area contributed by atoms with Gasteiger partial charge in [-0.3, -0.25) is 9.69 Å². The maximum Gasteiger partial charge on any atom is 0.312 e. The van der Waals surface area contributed by atoms with Gasteiger partial charge >= 0.3 is 5.97 Å². The number of carbonyl (C=O) groups is 1. The maximum atomic E-state index is 12.2. The van der Waals surface area contributed by atoms with Gasteiger partial charge in [-0.1, -0.05) is 91.3 Å². The summed E-state index contributed by atoms with van der Waals surface area (Å²) in [7, 11) is 1.96. The summed E-state index contributed by atoms with van der Waals surface area (Å²) < 4.78 is 11.4. The van der Waals surface area contributed by atoms with Gasteiger partial charge in [-0.25, -0.2) is 0 Å². The third kappa shape index (κ3) is 10.7. The van der Waals surface area contributed by atoms with Gasteiger partial charge in [-0.05, 0) is 94.9 Å². The van der Waals surface area contributed by atoms with E-state index >= 15 is 0 Å². The zero-order valence-corrected chi connectivity index (χ0v) is 29.3. The van der Waals surface area contributed by atoms with Crippen LogP contribution >= 0.6 is 11.6 Å². The van der Waals surface area contributed by atoms with Gasteiger partial charge < -0.3 is 19.7 Å². The van der Waals surface area contributed by atoms with Gasteiger partial charge in [0, 0.05) is 28.2 Å². The predicted molar refractivity (Wildman–Crippen MR) is 188 cm³/mol.